The van der Waals surface area contributed by atoms with Crippen LogP contribution in [0.25, 0.3) is 11.0 Å². The molecule has 2 rings (SSSR count). The van der Waals surface area contributed by atoms with E-state index < -0.39 is 0 Å². The van der Waals surface area contributed by atoms with Crippen molar-refractivity contribution in [3.8, 4) is 0 Å². The van der Waals surface area contributed by atoms with Gasteiger partial charge >= 0.3 is 0 Å². The van der Waals surface area contributed by atoms with Crippen LogP contribution in [-0.2, 0) is 11.2 Å². The third kappa shape index (κ3) is 2.01. The van der Waals surface area contributed by atoms with Crippen molar-refractivity contribution in [2.24, 2.45) is 0 Å². The Hall–Kier alpha value is -1.77. The number of hydrogen-bond acceptors (Lipinski definition) is 2. The van der Waals surface area contributed by atoms with Crippen molar-refractivity contribution in [2.45, 2.75) is 6.42 Å². The summed E-state index contributed by atoms with van der Waals surface area (Å²) in [5, 5.41) is 1.04. The van der Waals surface area contributed by atoms with Crippen LogP contribution in [-0.4, -0.2) is 24.9 Å². The number of furan rings is 1. The first kappa shape index (κ1) is 9.77. The number of carbonyl (C=O) groups excluding carboxylic acids is 1. The summed E-state index contributed by atoms with van der Waals surface area (Å²) in [6, 6.07) is 9.66. The van der Waals surface area contributed by atoms with Crippen LogP contribution in [0.1, 0.15) is 5.76 Å². The Labute approximate surface area is 88.3 Å². The molecule has 0 aliphatic carbocycles. The predicted octanol–water partition coefficient (Wildman–Crippen LogP) is 2.06. The number of hydrogen-bond donors (Lipinski definition) is 0. The van der Waals surface area contributed by atoms with E-state index in [0.29, 0.717) is 6.42 Å². The summed E-state index contributed by atoms with van der Waals surface area (Å²) in [7, 11) is 3.48. The van der Waals surface area contributed by atoms with E-state index in [-0.39, 0.29) is 5.91 Å². The molecule has 0 bridgehead atoms. The second-order valence-electron chi connectivity index (χ2n) is 3.72. The number of nitrogens with zero attached hydrogens (tertiary/aromatic N) is 1. The molecule has 0 atom stereocenters. The van der Waals surface area contributed by atoms with Gasteiger partial charge < -0.3 is 9.32 Å². The van der Waals surface area contributed by atoms with E-state index in [1.165, 1.54) is 0 Å². The minimum Gasteiger partial charge on any atom is -0.461 e. The molecule has 1 aromatic carbocycles. The molecule has 1 amide bonds. The number of benzene rings is 1. The maximum Gasteiger partial charge on any atom is 0.229 e. The fraction of sp³-hybridized carbons (Fsp3) is 0.250. The minimum atomic E-state index is 0.0501. The summed E-state index contributed by atoms with van der Waals surface area (Å²) in [4.78, 5) is 13.0. The zero-order valence-electron chi connectivity index (χ0n) is 8.86. The number of amides is 1. The smallest absolute Gasteiger partial charge is 0.229 e. The number of para-hydroxylation sites is 1. The van der Waals surface area contributed by atoms with Gasteiger partial charge in [0.15, 0.2) is 0 Å². The van der Waals surface area contributed by atoms with Gasteiger partial charge in [0.1, 0.15) is 11.3 Å². The second kappa shape index (κ2) is 3.77. The third-order valence-corrected chi connectivity index (χ3v) is 2.30. The van der Waals surface area contributed by atoms with Crippen molar-refractivity contribution >= 4 is 16.9 Å². The zero-order chi connectivity index (χ0) is 10.8. The first-order valence-corrected chi connectivity index (χ1v) is 4.84. The van der Waals surface area contributed by atoms with Crippen LogP contribution in [0.4, 0.5) is 0 Å². The average molecular weight is 203 g/mol. The molecule has 1 aromatic heterocycles. The van der Waals surface area contributed by atoms with Crippen molar-refractivity contribution < 1.29 is 9.21 Å². The highest BCUT2D eigenvalue weighted by Crippen LogP contribution is 2.19. The van der Waals surface area contributed by atoms with Crippen LogP contribution in [0.2, 0.25) is 0 Å². The highest BCUT2D eigenvalue weighted by atomic mass is 16.3. The average Bonchev–Trinajstić information content (AvgIpc) is 2.59. The molecular formula is C12H13NO2. The topological polar surface area (TPSA) is 33.5 Å². The van der Waals surface area contributed by atoms with E-state index in [1.807, 2.05) is 30.3 Å². The molecule has 15 heavy (non-hydrogen) atoms. The van der Waals surface area contributed by atoms with Crippen LogP contribution >= 0.6 is 0 Å². The van der Waals surface area contributed by atoms with Crippen molar-refractivity contribution in [1.82, 2.24) is 4.90 Å². The monoisotopic (exact) mass is 203 g/mol. The number of carbonyl (C=O) groups is 1. The Morgan fingerprint density at radius 3 is 2.73 bits per heavy atom. The van der Waals surface area contributed by atoms with Crippen molar-refractivity contribution in [2.75, 3.05) is 14.1 Å². The van der Waals surface area contributed by atoms with Gasteiger partial charge in [0, 0.05) is 19.5 Å². The Bertz CT molecular complexity index is 452. The molecule has 1 heterocycles. The standard InChI is InChI=1S/C12H13NO2/c1-13(2)12(14)8-10-7-9-5-3-4-6-11(9)15-10/h3-7H,8H2,1-2H3. The van der Waals surface area contributed by atoms with E-state index in [2.05, 4.69) is 0 Å². The maximum absolute atomic E-state index is 11.5. The SMILES string of the molecule is CN(C)C(=O)Cc1cc2ccccc2o1. The van der Waals surface area contributed by atoms with E-state index in [1.54, 1.807) is 19.0 Å². The van der Waals surface area contributed by atoms with E-state index in [9.17, 15) is 4.79 Å². The lowest BCUT2D eigenvalue weighted by Gasteiger charge is -2.07. The molecule has 0 fully saturated rings. The van der Waals surface area contributed by atoms with Gasteiger partial charge in [-0.25, -0.2) is 0 Å². The summed E-state index contributed by atoms with van der Waals surface area (Å²) >= 11 is 0. The molecule has 0 saturated heterocycles. The predicted molar refractivity (Wildman–Crippen MR) is 58.6 cm³/mol. The first-order valence-electron chi connectivity index (χ1n) is 4.84. The Morgan fingerprint density at radius 1 is 1.33 bits per heavy atom. The van der Waals surface area contributed by atoms with Gasteiger partial charge in [0.05, 0.1) is 6.42 Å². The zero-order valence-corrected chi connectivity index (χ0v) is 8.86. The lowest BCUT2D eigenvalue weighted by atomic mass is 10.2. The van der Waals surface area contributed by atoms with Gasteiger partial charge in [0.25, 0.3) is 0 Å². The fourth-order valence-electron chi connectivity index (χ4n) is 1.43. The largest absolute Gasteiger partial charge is 0.461 e. The second-order valence-corrected chi connectivity index (χ2v) is 3.72. The van der Waals surface area contributed by atoms with Gasteiger partial charge in [-0.05, 0) is 12.1 Å². The normalized spacial score (nSPS) is 10.5. The van der Waals surface area contributed by atoms with Crippen LogP contribution in [0, 0.1) is 0 Å². The lowest BCUT2D eigenvalue weighted by molar-refractivity contribution is -0.128. The summed E-state index contributed by atoms with van der Waals surface area (Å²) in [6.07, 6.45) is 0.321. The molecule has 0 saturated carbocycles. The molecule has 0 aliphatic rings. The molecule has 78 valence electrons. The Kier molecular flexibility index (Phi) is 2.46. The third-order valence-electron chi connectivity index (χ3n) is 2.30. The van der Waals surface area contributed by atoms with Gasteiger partial charge in [-0.15, -0.1) is 0 Å². The number of fused-ring (bicyclic) bond motifs is 1. The Morgan fingerprint density at radius 2 is 2.07 bits per heavy atom. The first-order chi connectivity index (χ1) is 7.16. The number of rotatable bonds is 2. The van der Waals surface area contributed by atoms with Crippen LogP contribution in [0.5, 0.6) is 0 Å². The van der Waals surface area contributed by atoms with E-state index >= 15 is 0 Å². The van der Waals surface area contributed by atoms with E-state index in [0.717, 1.165) is 16.7 Å². The van der Waals surface area contributed by atoms with Gasteiger partial charge in [-0.3, -0.25) is 4.79 Å². The molecule has 0 aliphatic heterocycles. The Balaban J connectivity index is 2.26. The molecular weight excluding hydrogens is 190 g/mol. The molecule has 0 unspecified atom stereocenters. The number of likely N-dealkylation sites (N-methyl/N-ethyl adjacent to an activating group) is 1. The summed E-state index contributed by atoms with van der Waals surface area (Å²) in [5.74, 6) is 0.768. The van der Waals surface area contributed by atoms with Gasteiger partial charge in [-0.2, -0.15) is 0 Å². The lowest BCUT2D eigenvalue weighted by Crippen LogP contribution is -2.23. The fourth-order valence-corrected chi connectivity index (χ4v) is 1.43. The summed E-state index contributed by atoms with van der Waals surface area (Å²) in [6.45, 7) is 0. The minimum absolute atomic E-state index is 0.0501. The van der Waals surface area contributed by atoms with Crippen LogP contribution in [0.15, 0.2) is 34.7 Å². The van der Waals surface area contributed by atoms with Gasteiger partial charge in [0.2, 0.25) is 5.91 Å². The van der Waals surface area contributed by atoms with Crippen LogP contribution in [0.3, 0.4) is 0 Å². The summed E-state index contributed by atoms with van der Waals surface area (Å²) < 4.78 is 5.54. The van der Waals surface area contributed by atoms with Crippen LogP contribution < -0.4 is 0 Å². The molecule has 2 aromatic rings. The summed E-state index contributed by atoms with van der Waals surface area (Å²) in [5.41, 5.74) is 0.832. The van der Waals surface area contributed by atoms with Crippen molar-refractivity contribution in [1.29, 1.82) is 0 Å². The molecule has 3 nitrogen and oxygen atoms in total. The maximum atomic E-state index is 11.5. The molecule has 3 heteroatoms. The quantitative estimate of drug-likeness (QED) is 0.748. The highest BCUT2D eigenvalue weighted by molar-refractivity contribution is 5.82. The molecule has 0 spiro atoms. The van der Waals surface area contributed by atoms with Gasteiger partial charge in [-0.1, -0.05) is 18.2 Å². The van der Waals surface area contributed by atoms with Crippen molar-refractivity contribution in [3.05, 3.63) is 36.1 Å². The molecule has 0 N–H and O–H groups in total. The van der Waals surface area contributed by atoms with E-state index in [4.69, 9.17) is 4.42 Å². The highest BCUT2D eigenvalue weighted by Gasteiger charge is 2.09. The van der Waals surface area contributed by atoms with Crippen molar-refractivity contribution in [3.63, 3.8) is 0 Å². The molecule has 0 radical (unpaired) electrons.